The highest BCUT2D eigenvalue weighted by molar-refractivity contribution is 5.64. The highest BCUT2D eigenvalue weighted by Gasteiger charge is 2.29. The number of hydrogen-bond donors (Lipinski definition) is 1. The molecule has 38 heavy (non-hydrogen) atoms. The molecule has 0 saturated carbocycles. The van der Waals surface area contributed by atoms with Crippen molar-refractivity contribution in [1.82, 2.24) is 19.7 Å². The van der Waals surface area contributed by atoms with E-state index in [1.807, 2.05) is 6.07 Å². The van der Waals surface area contributed by atoms with E-state index in [9.17, 15) is 4.39 Å². The number of aryl methyl sites for hydroxylation is 1. The number of nitrogens with one attached hydrogen (secondary N) is 1. The van der Waals surface area contributed by atoms with Crippen LogP contribution < -0.4 is 15.1 Å². The van der Waals surface area contributed by atoms with E-state index < -0.39 is 0 Å². The second-order valence-electron chi connectivity index (χ2n) is 10.5. The van der Waals surface area contributed by atoms with Crippen LogP contribution in [-0.4, -0.2) is 91.4 Å². The molecule has 6 rings (SSSR count). The second kappa shape index (κ2) is 10.9. The van der Waals surface area contributed by atoms with Gasteiger partial charge in [-0.15, -0.1) is 5.10 Å². The number of rotatable bonds is 8. The zero-order chi connectivity index (χ0) is 26.1. The lowest BCUT2D eigenvalue weighted by Gasteiger charge is -2.43. The van der Waals surface area contributed by atoms with Crippen LogP contribution in [0.2, 0.25) is 0 Å². The maximum Gasteiger partial charge on any atom is 0.246 e. The van der Waals surface area contributed by atoms with Gasteiger partial charge in [0, 0.05) is 56.9 Å². The summed E-state index contributed by atoms with van der Waals surface area (Å²) in [5.41, 5.74) is 4.79. The fourth-order valence-corrected chi connectivity index (χ4v) is 5.77. The van der Waals surface area contributed by atoms with Crippen LogP contribution in [0.3, 0.4) is 0 Å². The highest BCUT2D eigenvalue weighted by atomic mass is 19.1. The van der Waals surface area contributed by atoms with Gasteiger partial charge in [0.05, 0.1) is 37.6 Å². The predicted molar refractivity (Wildman–Crippen MR) is 146 cm³/mol. The summed E-state index contributed by atoms with van der Waals surface area (Å²) < 4.78 is 27.0. The van der Waals surface area contributed by atoms with Crippen molar-refractivity contribution < 1.29 is 13.9 Å². The molecular weight excluding hydrogens is 485 g/mol. The van der Waals surface area contributed by atoms with Crippen LogP contribution in [0.1, 0.15) is 18.4 Å². The van der Waals surface area contributed by atoms with Gasteiger partial charge in [-0.05, 0) is 61.7 Å². The minimum Gasteiger partial charge on any atom is -0.383 e. The summed E-state index contributed by atoms with van der Waals surface area (Å²) in [6, 6.07) is 12.4. The molecule has 3 aliphatic rings. The van der Waals surface area contributed by atoms with E-state index in [1.165, 1.54) is 17.3 Å². The molecule has 3 fully saturated rings. The van der Waals surface area contributed by atoms with Crippen molar-refractivity contribution in [1.29, 1.82) is 0 Å². The maximum atomic E-state index is 14.6. The monoisotopic (exact) mass is 521 g/mol. The molecule has 0 bridgehead atoms. The molecule has 4 heterocycles. The number of methoxy groups -OCH3 is 1. The minimum absolute atomic E-state index is 0.258. The lowest BCUT2D eigenvalue weighted by Crippen LogP contribution is -2.56. The van der Waals surface area contributed by atoms with Gasteiger partial charge >= 0.3 is 0 Å². The van der Waals surface area contributed by atoms with Crippen molar-refractivity contribution >= 4 is 23.0 Å². The summed E-state index contributed by atoms with van der Waals surface area (Å²) in [5, 5.41) is 7.96. The van der Waals surface area contributed by atoms with Crippen LogP contribution in [0.4, 0.5) is 27.4 Å². The largest absolute Gasteiger partial charge is 0.383 e. The third-order valence-electron chi connectivity index (χ3n) is 7.83. The first-order valence-corrected chi connectivity index (χ1v) is 13.5. The first-order valence-electron chi connectivity index (χ1n) is 13.5. The van der Waals surface area contributed by atoms with Crippen molar-refractivity contribution in [3.8, 4) is 5.69 Å². The van der Waals surface area contributed by atoms with Crippen LogP contribution >= 0.6 is 0 Å². The Kier molecular flexibility index (Phi) is 7.18. The van der Waals surface area contributed by atoms with Gasteiger partial charge in [0.1, 0.15) is 12.1 Å². The Labute approximate surface area is 223 Å². The first kappa shape index (κ1) is 25.1. The van der Waals surface area contributed by atoms with Gasteiger partial charge in [0.25, 0.3) is 0 Å². The minimum atomic E-state index is -0.293. The fourth-order valence-electron chi connectivity index (χ4n) is 5.77. The average molecular weight is 522 g/mol. The molecule has 0 radical (unpaired) electrons. The third kappa shape index (κ3) is 5.34. The molecule has 1 N–H and O–H groups in total. The van der Waals surface area contributed by atoms with Crippen molar-refractivity contribution in [2.24, 2.45) is 0 Å². The van der Waals surface area contributed by atoms with E-state index in [4.69, 9.17) is 9.47 Å². The van der Waals surface area contributed by atoms with Crippen LogP contribution in [-0.2, 0) is 9.47 Å². The van der Waals surface area contributed by atoms with E-state index in [2.05, 4.69) is 55.2 Å². The zero-order valence-electron chi connectivity index (χ0n) is 22.1. The smallest absolute Gasteiger partial charge is 0.246 e. The molecule has 0 spiro atoms. The van der Waals surface area contributed by atoms with Gasteiger partial charge in [0.15, 0.2) is 0 Å². The lowest BCUT2D eigenvalue weighted by molar-refractivity contribution is -0.0660. The molecule has 10 heteroatoms. The quantitative estimate of drug-likeness (QED) is 0.482. The van der Waals surface area contributed by atoms with Gasteiger partial charge in [-0.25, -0.2) is 9.07 Å². The van der Waals surface area contributed by atoms with Gasteiger partial charge in [-0.3, -0.25) is 4.90 Å². The van der Waals surface area contributed by atoms with E-state index in [-0.39, 0.29) is 11.9 Å². The van der Waals surface area contributed by atoms with Gasteiger partial charge in [-0.2, -0.15) is 4.98 Å². The number of hydrogen-bond acceptors (Lipinski definition) is 8. The van der Waals surface area contributed by atoms with E-state index in [0.717, 1.165) is 70.2 Å². The highest BCUT2D eigenvalue weighted by Crippen LogP contribution is 2.29. The van der Waals surface area contributed by atoms with Crippen molar-refractivity contribution in [2.45, 2.75) is 31.8 Å². The molecule has 1 aromatic heterocycles. The average Bonchev–Trinajstić information content (AvgIpc) is 3.53. The molecule has 2 aromatic carbocycles. The van der Waals surface area contributed by atoms with Crippen molar-refractivity contribution in [2.75, 3.05) is 74.8 Å². The Morgan fingerprint density at radius 1 is 1.00 bits per heavy atom. The SMILES string of the molecule is COC[C@H]1CCCN1c1cc(F)cc(-n2cnc(Nc3cc(C)cc(N4CCN(C5COC5)CC4)c3)n2)c1. The van der Waals surface area contributed by atoms with E-state index in [0.29, 0.717) is 24.3 Å². The van der Waals surface area contributed by atoms with Crippen LogP contribution in [0.25, 0.3) is 5.69 Å². The Morgan fingerprint density at radius 3 is 2.58 bits per heavy atom. The Morgan fingerprint density at radius 2 is 1.82 bits per heavy atom. The number of halogens is 1. The molecule has 3 aliphatic heterocycles. The normalized spacial score (nSPS) is 20.7. The summed E-state index contributed by atoms with van der Waals surface area (Å²) >= 11 is 0. The summed E-state index contributed by atoms with van der Waals surface area (Å²) in [6.45, 7) is 9.45. The fraction of sp³-hybridized carbons (Fsp3) is 0.500. The van der Waals surface area contributed by atoms with E-state index in [1.54, 1.807) is 24.2 Å². The number of benzene rings is 2. The summed E-state index contributed by atoms with van der Waals surface area (Å²) in [4.78, 5) is 11.6. The molecule has 202 valence electrons. The van der Waals surface area contributed by atoms with Crippen molar-refractivity contribution in [3.05, 3.63) is 54.1 Å². The molecule has 0 amide bonds. The number of piperazine rings is 1. The number of ether oxygens (including phenoxy) is 2. The van der Waals surface area contributed by atoms with Crippen LogP contribution in [0, 0.1) is 12.7 Å². The maximum absolute atomic E-state index is 14.6. The summed E-state index contributed by atoms with van der Waals surface area (Å²) in [5.74, 6) is 0.180. The van der Waals surface area contributed by atoms with Crippen LogP contribution in [0.15, 0.2) is 42.7 Å². The van der Waals surface area contributed by atoms with Gasteiger partial charge in [0.2, 0.25) is 5.95 Å². The second-order valence-corrected chi connectivity index (χ2v) is 10.5. The van der Waals surface area contributed by atoms with Gasteiger partial charge < -0.3 is 24.6 Å². The van der Waals surface area contributed by atoms with Crippen molar-refractivity contribution in [3.63, 3.8) is 0 Å². The van der Waals surface area contributed by atoms with Crippen LogP contribution in [0.5, 0.6) is 0 Å². The molecule has 1 atom stereocenters. The molecule has 3 aromatic rings. The molecular formula is C28H36FN7O2. The molecule has 0 aliphatic carbocycles. The summed E-state index contributed by atoms with van der Waals surface area (Å²) in [7, 11) is 1.71. The van der Waals surface area contributed by atoms with E-state index >= 15 is 0 Å². The first-order chi connectivity index (χ1) is 18.6. The Balaban J connectivity index is 1.16. The van der Waals surface area contributed by atoms with Gasteiger partial charge in [-0.1, -0.05) is 0 Å². The molecule has 3 saturated heterocycles. The zero-order valence-corrected chi connectivity index (χ0v) is 22.1. The lowest BCUT2D eigenvalue weighted by atomic mass is 10.1. The standard InChI is InChI=1S/C28H36FN7O2/c1-20-10-22(14-24(11-20)33-6-8-34(9-7-33)27-17-38-18-27)31-28-30-19-36(32-28)26-13-21(29)12-25(15-26)35-5-3-4-23(35)16-37-2/h10-15,19,23,27H,3-9,16-18H2,1-2H3,(H,31,32)/t23-/m1/s1. The summed E-state index contributed by atoms with van der Waals surface area (Å²) in [6.07, 6.45) is 3.74. The topological polar surface area (TPSA) is 70.9 Å². The Hall–Kier alpha value is -3.21. The predicted octanol–water partition coefficient (Wildman–Crippen LogP) is 3.59. The number of nitrogens with zero attached hydrogens (tertiary/aromatic N) is 6. The number of anilines is 4. The molecule has 0 unspecified atom stereocenters. The molecule has 9 nitrogen and oxygen atoms in total. The number of aromatic nitrogens is 3. The Bertz CT molecular complexity index is 1260. The third-order valence-corrected chi connectivity index (χ3v) is 7.83.